The van der Waals surface area contributed by atoms with Crippen LogP contribution in [0.3, 0.4) is 0 Å². The lowest BCUT2D eigenvalue weighted by atomic mass is 10.3. The summed E-state index contributed by atoms with van der Waals surface area (Å²) in [5.41, 5.74) is 2.80. The zero-order valence-corrected chi connectivity index (χ0v) is 11.0. The van der Waals surface area contributed by atoms with E-state index < -0.39 is 0 Å². The normalized spacial score (nSPS) is 11.2. The Morgan fingerprint density at radius 2 is 2.11 bits per heavy atom. The lowest BCUT2D eigenvalue weighted by Crippen LogP contribution is -2.00. The molecule has 92 valence electrons. The quantitative estimate of drug-likeness (QED) is 0.718. The summed E-state index contributed by atoms with van der Waals surface area (Å²) in [5.74, 6) is 1.79. The van der Waals surface area contributed by atoms with E-state index in [-0.39, 0.29) is 0 Å². The summed E-state index contributed by atoms with van der Waals surface area (Å²) in [6.45, 7) is 4.50. The van der Waals surface area contributed by atoms with Crippen LogP contribution in [0.25, 0.3) is 11.2 Å². The number of nitrogens with zero attached hydrogens (tertiary/aromatic N) is 2. The largest absolute Gasteiger partial charge is 0.464 e. The minimum atomic E-state index is 0.600. The van der Waals surface area contributed by atoms with Crippen LogP contribution in [0.15, 0.2) is 28.7 Å². The lowest BCUT2D eigenvalue weighted by Gasteiger charge is -2.01. The predicted molar refractivity (Wildman–Crippen MR) is 72.2 cm³/mol. The third-order valence-corrected chi connectivity index (χ3v) is 3.19. The van der Waals surface area contributed by atoms with E-state index in [1.54, 1.807) is 0 Å². The fourth-order valence-corrected chi connectivity index (χ4v) is 2.26. The number of nitrogens with one attached hydrogen (secondary N) is 1. The SMILES string of the molecule is Cc1ccc2[nH]c(=S)n(Cc3ccc(C)o3)c2n1. The van der Waals surface area contributed by atoms with E-state index >= 15 is 0 Å². The highest BCUT2D eigenvalue weighted by molar-refractivity contribution is 7.71. The minimum absolute atomic E-state index is 0.600. The number of H-pyrrole nitrogens is 1. The summed E-state index contributed by atoms with van der Waals surface area (Å²) in [6.07, 6.45) is 0. The molecule has 3 heterocycles. The van der Waals surface area contributed by atoms with Crippen LogP contribution >= 0.6 is 12.2 Å². The smallest absolute Gasteiger partial charge is 0.179 e. The van der Waals surface area contributed by atoms with Crippen LogP contribution < -0.4 is 0 Å². The molecule has 0 amide bonds. The van der Waals surface area contributed by atoms with E-state index in [4.69, 9.17) is 16.6 Å². The van der Waals surface area contributed by atoms with Crippen LogP contribution in [0.2, 0.25) is 0 Å². The second-order valence-corrected chi connectivity index (χ2v) is 4.74. The molecule has 0 aliphatic rings. The van der Waals surface area contributed by atoms with Crippen molar-refractivity contribution in [2.24, 2.45) is 0 Å². The molecular weight excluding hydrogens is 246 g/mol. The molecule has 0 unspecified atom stereocenters. The molecule has 0 aliphatic heterocycles. The Morgan fingerprint density at radius 1 is 1.28 bits per heavy atom. The third-order valence-electron chi connectivity index (χ3n) is 2.87. The van der Waals surface area contributed by atoms with Gasteiger partial charge in [0, 0.05) is 5.69 Å². The van der Waals surface area contributed by atoms with Gasteiger partial charge in [-0.1, -0.05) is 0 Å². The Kier molecular flexibility index (Phi) is 2.56. The van der Waals surface area contributed by atoms with E-state index in [0.29, 0.717) is 11.3 Å². The molecule has 0 aliphatic carbocycles. The number of fused-ring (bicyclic) bond motifs is 1. The highest BCUT2D eigenvalue weighted by Gasteiger charge is 2.08. The van der Waals surface area contributed by atoms with E-state index in [0.717, 1.165) is 28.4 Å². The van der Waals surface area contributed by atoms with E-state index in [1.807, 2.05) is 42.7 Å². The van der Waals surface area contributed by atoms with Crippen LogP contribution in [0.5, 0.6) is 0 Å². The van der Waals surface area contributed by atoms with Gasteiger partial charge in [0.05, 0.1) is 12.1 Å². The Morgan fingerprint density at radius 3 is 2.83 bits per heavy atom. The van der Waals surface area contributed by atoms with Crippen molar-refractivity contribution in [3.63, 3.8) is 0 Å². The van der Waals surface area contributed by atoms with Crippen LogP contribution in [-0.2, 0) is 6.54 Å². The molecular formula is C13H13N3OS. The predicted octanol–water partition coefficient (Wildman–Crippen LogP) is 3.35. The standard InChI is InChI=1S/C13H13N3OS/c1-8-3-6-11-12(14-8)16(13(18)15-11)7-10-5-4-9(2)17-10/h3-6H,7H2,1-2H3,(H,15,18). The first-order valence-corrected chi connectivity index (χ1v) is 6.16. The maximum Gasteiger partial charge on any atom is 0.179 e. The minimum Gasteiger partial charge on any atom is -0.464 e. The highest BCUT2D eigenvalue weighted by atomic mass is 32.1. The molecule has 1 N–H and O–H groups in total. The highest BCUT2D eigenvalue weighted by Crippen LogP contribution is 2.15. The molecule has 0 aromatic carbocycles. The summed E-state index contributed by atoms with van der Waals surface area (Å²) in [5, 5.41) is 0. The van der Waals surface area contributed by atoms with Crippen LogP contribution in [0, 0.1) is 18.6 Å². The Bertz CT molecular complexity index is 766. The number of rotatable bonds is 2. The molecule has 3 rings (SSSR count). The maximum absolute atomic E-state index is 5.58. The summed E-state index contributed by atoms with van der Waals surface area (Å²) in [4.78, 5) is 7.68. The summed E-state index contributed by atoms with van der Waals surface area (Å²) < 4.78 is 8.20. The average Bonchev–Trinajstić information content (AvgIpc) is 2.86. The van der Waals surface area contributed by atoms with Crippen LogP contribution in [0.4, 0.5) is 0 Å². The fraction of sp³-hybridized carbons (Fsp3) is 0.231. The number of pyridine rings is 1. The second-order valence-electron chi connectivity index (χ2n) is 4.35. The van der Waals surface area contributed by atoms with Crippen molar-refractivity contribution >= 4 is 23.4 Å². The van der Waals surface area contributed by atoms with Crippen molar-refractivity contribution in [2.75, 3.05) is 0 Å². The van der Waals surface area contributed by atoms with Gasteiger partial charge >= 0.3 is 0 Å². The van der Waals surface area contributed by atoms with Crippen molar-refractivity contribution in [1.82, 2.24) is 14.5 Å². The summed E-state index contributed by atoms with van der Waals surface area (Å²) >= 11 is 5.33. The van der Waals surface area contributed by atoms with Gasteiger partial charge in [0.25, 0.3) is 0 Å². The monoisotopic (exact) mass is 259 g/mol. The molecule has 3 aromatic heterocycles. The molecule has 0 bridgehead atoms. The molecule has 0 radical (unpaired) electrons. The number of furan rings is 1. The van der Waals surface area contributed by atoms with E-state index in [9.17, 15) is 0 Å². The zero-order valence-electron chi connectivity index (χ0n) is 10.2. The topological polar surface area (TPSA) is 46.8 Å². The first kappa shape index (κ1) is 11.2. The lowest BCUT2D eigenvalue weighted by molar-refractivity contribution is 0.471. The van der Waals surface area contributed by atoms with Gasteiger partial charge in [-0.15, -0.1) is 0 Å². The van der Waals surface area contributed by atoms with Gasteiger partial charge in [-0.05, 0) is 50.3 Å². The number of imidazole rings is 1. The van der Waals surface area contributed by atoms with Crippen LogP contribution in [-0.4, -0.2) is 14.5 Å². The molecule has 3 aromatic rings. The molecule has 18 heavy (non-hydrogen) atoms. The van der Waals surface area contributed by atoms with Crippen molar-refractivity contribution in [3.05, 3.63) is 46.3 Å². The first-order chi connectivity index (χ1) is 8.63. The molecule has 5 heteroatoms. The maximum atomic E-state index is 5.58. The number of hydrogen-bond acceptors (Lipinski definition) is 3. The van der Waals surface area contributed by atoms with Crippen LogP contribution in [0.1, 0.15) is 17.2 Å². The molecule has 0 saturated carbocycles. The average molecular weight is 259 g/mol. The molecule has 4 nitrogen and oxygen atoms in total. The molecule has 0 fully saturated rings. The van der Waals surface area contributed by atoms with Gasteiger partial charge in [0.2, 0.25) is 0 Å². The number of aryl methyl sites for hydroxylation is 2. The number of hydrogen-bond donors (Lipinski definition) is 1. The molecule has 0 atom stereocenters. The van der Waals surface area contributed by atoms with E-state index in [2.05, 4.69) is 9.97 Å². The number of aromatic amines is 1. The van der Waals surface area contributed by atoms with E-state index in [1.165, 1.54) is 0 Å². The molecule has 0 spiro atoms. The Labute approximate surface area is 109 Å². The summed E-state index contributed by atoms with van der Waals surface area (Å²) in [6, 6.07) is 7.88. The third kappa shape index (κ3) is 1.86. The fourth-order valence-electron chi connectivity index (χ4n) is 2.00. The molecule has 0 saturated heterocycles. The van der Waals surface area contributed by atoms with Gasteiger partial charge in [-0.3, -0.25) is 4.57 Å². The number of aromatic nitrogens is 3. The van der Waals surface area contributed by atoms with Gasteiger partial charge in [-0.2, -0.15) is 0 Å². The van der Waals surface area contributed by atoms with Crippen molar-refractivity contribution in [1.29, 1.82) is 0 Å². The van der Waals surface area contributed by atoms with Crippen molar-refractivity contribution in [2.45, 2.75) is 20.4 Å². The Hall–Kier alpha value is -1.88. The second kappa shape index (κ2) is 4.10. The van der Waals surface area contributed by atoms with Crippen molar-refractivity contribution < 1.29 is 4.42 Å². The van der Waals surface area contributed by atoms with Gasteiger partial charge in [0.1, 0.15) is 11.5 Å². The first-order valence-electron chi connectivity index (χ1n) is 5.75. The van der Waals surface area contributed by atoms with Gasteiger partial charge in [-0.25, -0.2) is 4.98 Å². The zero-order chi connectivity index (χ0) is 12.7. The van der Waals surface area contributed by atoms with Gasteiger partial charge in [0.15, 0.2) is 10.4 Å². The van der Waals surface area contributed by atoms with Gasteiger partial charge < -0.3 is 9.40 Å². The van der Waals surface area contributed by atoms with Crippen molar-refractivity contribution in [3.8, 4) is 0 Å². The Balaban J connectivity index is 2.13. The summed E-state index contributed by atoms with van der Waals surface area (Å²) in [7, 11) is 0.